The summed E-state index contributed by atoms with van der Waals surface area (Å²) in [6.07, 6.45) is 3.45. The van der Waals surface area contributed by atoms with Gasteiger partial charge in [0.15, 0.2) is 5.82 Å². The van der Waals surface area contributed by atoms with Crippen LogP contribution in [-0.4, -0.2) is 26.6 Å². The van der Waals surface area contributed by atoms with E-state index < -0.39 is 5.60 Å². The van der Waals surface area contributed by atoms with Crippen molar-refractivity contribution in [2.24, 2.45) is 0 Å². The quantitative estimate of drug-likeness (QED) is 0.753. The summed E-state index contributed by atoms with van der Waals surface area (Å²) in [5.74, 6) is 1.31. The zero-order valence-electron chi connectivity index (χ0n) is 13.0. The molecule has 118 valence electrons. The minimum Gasteiger partial charge on any atom is -0.384 e. The number of anilines is 1. The molecule has 5 nitrogen and oxygen atoms in total. The van der Waals surface area contributed by atoms with Crippen molar-refractivity contribution >= 4 is 17.2 Å². The Morgan fingerprint density at radius 3 is 2.87 bits per heavy atom. The van der Waals surface area contributed by atoms with Gasteiger partial charge in [0, 0.05) is 36.3 Å². The molecule has 2 N–H and O–H groups in total. The number of nitrogens with one attached hydrogen (secondary N) is 1. The van der Waals surface area contributed by atoms with Crippen LogP contribution in [0.4, 0.5) is 5.82 Å². The first kappa shape index (κ1) is 15.6. The molecule has 0 aliphatic rings. The number of nitrogens with zero attached hydrogens (tertiary/aromatic N) is 3. The van der Waals surface area contributed by atoms with Crippen molar-refractivity contribution < 1.29 is 5.11 Å². The zero-order valence-corrected chi connectivity index (χ0v) is 13.8. The highest BCUT2D eigenvalue weighted by atomic mass is 32.1. The Bertz CT molecular complexity index is 773. The highest BCUT2D eigenvalue weighted by molar-refractivity contribution is 7.08. The van der Waals surface area contributed by atoms with E-state index in [0.29, 0.717) is 18.2 Å². The van der Waals surface area contributed by atoms with Crippen LogP contribution in [0.15, 0.2) is 47.4 Å². The van der Waals surface area contributed by atoms with Crippen LogP contribution < -0.4 is 5.32 Å². The minimum absolute atomic E-state index is 0.368. The van der Waals surface area contributed by atoms with E-state index >= 15 is 0 Å². The molecule has 0 bridgehead atoms. The predicted octanol–water partition coefficient (Wildman–Crippen LogP) is 3.23. The highest BCUT2D eigenvalue weighted by Crippen LogP contribution is 2.24. The van der Waals surface area contributed by atoms with Crippen molar-refractivity contribution in [3.8, 4) is 11.4 Å². The molecular weight excluding hydrogens is 308 g/mol. The normalized spacial score (nSPS) is 13.5. The Balaban J connectivity index is 1.80. The number of pyridine rings is 1. The van der Waals surface area contributed by atoms with Crippen LogP contribution in [-0.2, 0) is 5.60 Å². The fraction of sp³-hybridized carbons (Fsp3) is 0.235. The third-order valence-electron chi connectivity index (χ3n) is 3.53. The van der Waals surface area contributed by atoms with Crippen LogP contribution >= 0.6 is 11.3 Å². The first-order valence-electron chi connectivity index (χ1n) is 7.29. The van der Waals surface area contributed by atoms with Gasteiger partial charge in [0.1, 0.15) is 11.4 Å². The van der Waals surface area contributed by atoms with Gasteiger partial charge in [-0.3, -0.25) is 4.98 Å². The molecule has 1 unspecified atom stereocenters. The van der Waals surface area contributed by atoms with E-state index in [1.54, 1.807) is 30.7 Å². The van der Waals surface area contributed by atoms with Gasteiger partial charge in [-0.2, -0.15) is 11.3 Å². The van der Waals surface area contributed by atoms with Gasteiger partial charge in [0.2, 0.25) is 0 Å². The molecule has 0 amide bonds. The topological polar surface area (TPSA) is 70.9 Å². The number of hydrogen-bond acceptors (Lipinski definition) is 6. The average molecular weight is 326 g/mol. The van der Waals surface area contributed by atoms with Crippen molar-refractivity contribution in [2.45, 2.75) is 19.4 Å². The number of aromatic nitrogens is 3. The number of aliphatic hydroxyl groups is 1. The van der Waals surface area contributed by atoms with Crippen molar-refractivity contribution in [2.75, 3.05) is 11.9 Å². The van der Waals surface area contributed by atoms with E-state index in [4.69, 9.17) is 0 Å². The van der Waals surface area contributed by atoms with Gasteiger partial charge < -0.3 is 10.4 Å². The molecule has 6 heteroatoms. The van der Waals surface area contributed by atoms with E-state index in [2.05, 4.69) is 20.3 Å². The molecule has 3 aromatic rings. The van der Waals surface area contributed by atoms with Crippen LogP contribution in [0.25, 0.3) is 11.4 Å². The van der Waals surface area contributed by atoms with E-state index in [-0.39, 0.29) is 0 Å². The second-order valence-corrected chi connectivity index (χ2v) is 6.38. The average Bonchev–Trinajstić information content (AvgIpc) is 3.09. The summed E-state index contributed by atoms with van der Waals surface area (Å²) in [6.45, 7) is 4.08. The van der Waals surface area contributed by atoms with Gasteiger partial charge >= 0.3 is 0 Å². The molecule has 0 fully saturated rings. The van der Waals surface area contributed by atoms with Crippen LogP contribution in [0.1, 0.15) is 18.2 Å². The van der Waals surface area contributed by atoms with Gasteiger partial charge in [-0.15, -0.1) is 0 Å². The molecule has 0 aliphatic heterocycles. The third kappa shape index (κ3) is 3.72. The Hall–Kier alpha value is -2.31. The monoisotopic (exact) mass is 326 g/mol. The molecule has 3 heterocycles. The zero-order chi connectivity index (χ0) is 16.3. The molecule has 3 aromatic heterocycles. The van der Waals surface area contributed by atoms with E-state index in [1.165, 1.54) is 0 Å². The van der Waals surface area contributed by atoms with E-state index in [1.807, 2.05) is 41.9 Å². The number of thiophene rings is 1. The number of rotatable bonds is 5. The summed E-state index contributed by atoms with van der Waals surface area (Å²) in [4.78, 5) is 13.1. The third-order valence-corrected chi connectivity index (χ3v) is 4.21. The first-order valence-corrected chi connectivity index (χ1v) is 8.24. The van der Waals surface area contributed by atoms with Crippen molar-refractivity contribution in [3.63, 3.8) is 0 Å². The molecule has 23 heavy (non-hydrogen) atoms. The van der Waals surface area contributed by atoms with E-state index in [9.17, 15) is 5.11 Å². The number of hydrogen-bond donors (Lipinski definition) is 2. The molecule has 0 saturated carbocycles. The SMILES string of the molecule is Cc1cc(NCC(C)(O)c2ccsc2)nc(-c2cccnc2)n1. The summed E-state index contributed by atoms with van der Waals surface area (Å²) >= 11 is 1.57. The molecular formula is C17H18N4OS. The Morgan fingerprint density at radius 1 is 1.30 bits per heavy atom. The summed E-state index contributed by atoms with van der Waals surface area (Å²) in [5.41, 5.74) is 1.67. The van der Waals surface area contributed by atoms with Crippen LogP contribution in [0.5, 0.6) is 0 Å². The lowest BCUT2D eigenvalue weighted by atomic mass is 9.99. The van der Waals surface area contributed by atoms with Crippen molar-refractivity contribution in [3.05, 3.63) is 58.7 Å². The molecule has 1 atom stereocenters. The molecule has 0 radical (unpaired) electrons. The van der Waals surface area contributed by atoms with Crippen LogP contribution in [0.2, 0.25) is 0 Å². The minimum atomic E-state index is -0.951. The van der Waals surface area contributed by atoms with Crippen molar-refractivity contribution in [1.82, 2.24) is 15.0 Å². The van der Waals surface area contributed by atoms with Gasteiger partial charge in [-0.1, -0.05) is 0 Å². The first-order chi connectivity index (χ1) is 11.0. The fourth-order valence-electron chi connectivity index (χ4n) is 2.22. The lowest BCUT2D eigenvalue weighted by Crippen LogP contribution is -2.30. The Labute approximate surface area is 139 Å². The number of aryl methyl sites for hydroxylation is 1. The second-order valence-electron chi connectivity index (χ2n) is 5.60. The van der Waals surface area contributed by atoms with Crippen molar-refractivity contribution in [1.29, 1.82) is 0 Å². The molecule has 0 saturated heterocycles. The Morgan fingerprint density at radius 2 is 2.17 bits per heavy atom. The predicted molar refractivity (Wildman–Crippen MR) is 92.4 cm³/mol. The standard InChI is InChI=1S/C17H18N4OS/c1-12-8-15(19-11-17(2,22)14-5-7-23-10-14)21-16(20-12)13-4-3-6-18-9-13/h3-10,22H,11H2,1-2H3,(H,19,20,21). The van der Waals surface area contributed by atoms with Gasteiger partial charge in [-0.05, 0) is 48.4 Å². The fourth-order valence-corrected chi connectivity index (χ4v) is 3.00. The molecule has 0 aliphatic carbocycles. The van der Waals surface area contributed by atoms with Crippen LogP contribution in [0.3, 0.4) is 0 Å². The lowest BCUT2D eigenvalue weighted by molar-refractivity contribution is 0.0719. The highest BCUT2D eigenvalue weighted by Gasteiger charge is 2.23. The second kappa shape index (κ2) is 6.44. The van der Waals surface area contributed by atoms with Gasteiger partial charge in [-0.25, -0.2) is 9.97 Å². The largest absolute Gasteiger partial charge is 0.384 e. The van der Waals surface area contributed by atoms with Gasteiger partial charge in [0.25, 0.3) is 0 Å². The van der Waals surface area contributed by atoms with Gasteiger partial charge in [0.05, 0.1) is 0 Å². The molecule has 3 rings (SSSR count). The summed E-state index contributed by atoms with van der Waals surface area (Å²) in [6, 6.07) is 7.57. The maximum atomic E-state index is 10.6. The maximum Gasteiger partial charge on any atom is 0.163 e. The summed E-state index contributed by atoms with van der Waals surface area (Å²) < 4.78 is 0. The lowest BCUT2D eigenvalue weighted by Gasteiger charge is -2.23. The van der Waals surface area contributed by atoms with Crippen LogP contribution in [0, 0.1) is 6.92 Å². The summed E-state index contributed by atoms with van der Waals surface area (Å²) in [5, 5.41) is 17.7. The smallest absolute Gasteiger partial charge is 0.163 e. The maximum absolute atomic E-state index is 10.6. The summed E-state index contributed by atoms with van der Waals surface area (Å²) in [7, 11) is 0. The Kier molecular flexibility index (Phi) is 4.36. The molecule has 0 aromatic carbocycles. The molecule has 0 spiro atoms. The van der Waals surface area contributed by atoms with E-state index in [0.717, 1.165) is 16.8 Å².